The lowest BCUT2D eigenvalue weighted by atomic mass is 10.3. The van der Waals surface area contributed by atoms with Crippen LogP contribution in [-0.4, -0.2) is 34.0 Å². The zero-order valence-electron chi connectivity index (χ0n) is 11.6. The van der Waals surface area contributed by atoms with Crippen molar-refractivity contribution in [3.05, 3.63) is 29.0 Å². The van der Waals surface area contributed by atoms with Gasteiger partial charge in [0.2, 0.25) is 11.1 Å². The summed E-state index contributed by atoms with van der Waals surface area (Å²) in [7, 11) is 1.54. The number of aromatic nitrogens is 3. The Bertz CT molecular complexity index is 632. The van der Waals surface area contributed by atoms with E-state index in [1.54, 1.807) is 18.2 Å². The van der Waals surface area contributed by atoms with Gasteiger partial charge in [-0.1, -0.05) is 30.3 Å². The summed E-state index contributed by atoms with van der Waals surface area (Å²) in [6, 6.07) is 5.05. The van der Waals surface area contributed by atoms with Gasteiger partial charge in [0.1, 0.15) is 11.6 Å². The molecule has 0 saturated carbocycles. The molecule has 2 aromatic rings. The Morgan fingerprint density at radius 1 is 1.52 bits per heavy atom. The van der Waals surface area contributed by atoms with Gasteiger partial charge in [0.05, 0.1) is 18.6 Å². The first-order chi connectivity index (χ1) is 10.1. The van der Waals surface area contributed by atoms with Gasteiger partial charge in [0.25, 0.3) is 0 Å². The van der Waals surface area contributed by atoms with E-state index in [9.17, 15) is 4.79 Å². The summed E-state index contributed by atoms with van der Waals surface area (Å²) in [4.78, 5) is 16.2. The van der Waals surface area contributed by atoms with Crippen molar-refractivity contribution in [3.8, 4) is 5.75 Å². The van der Waals surface area contributed by atoms with Gasteiger partial charge in [-0.2, -0.15) is 0 Å². The van der Waals surface area contributed by atoms with Crippen LogP contribution in [0.3, 0.4) is 0 Å². The first kappa shape index (κ1) is 15.7. The van der Waals surface area contributed by atoms with Gasteiger partial charge in [0.15, 0.2) is 0 Å². The van der Waals surface area contributed by atoms with Crippen LogP contribution in [0, 0.1) is 0 Å². The second kappa shape index (κ2) is 7.33. The van der Waals surface area contributed by atoms with Crippen molar-refractivity contribution < 1.29 is 9.53 Å². The Morgan fingerprint density at radius 3 is 3.00 bits per heavy atom. The van der Waals surface area contributed by atoms with Crippen LogP contribution in [0.4, 0.5) is 5.69 Å². The van der Waals surface area contributed by atoms with E-state index in [0.29, 0.717) is 21.6 Å². The minimum Gasteiger partial charge on any atom is -0.495 e. The minimum atomic E-state index is -0.177. The molecule has 0 aliphatic carbocycles. The van der Waals surface area contributed by atoms with Gasteiger partial charge in [0, 0.05) is 11.4 Å². The average molecular weight is 327 g/mol. The number of anilines is 1. The van der Waals surface area contributed by atoms with Gasteiger partial charge >= 0.3 is 0 Å². The molecule has 0 radical (unpaired) electrons. The van der Waals surface area contributed by atoms with Crippen LogP contribution in [0.2, 0.25) is 5.02 Å². The highest BCUT2D eigenvalue weighted by molar-refractivity contribution is 7.99. The Morgan fingerprint density at radius 2 is 2.33 bits per heavy atom. The second-order valence-electron chi connectivity index (χ2n) is 4.10. The van der Waals surface area contributed by atoms with Crippen molar-refractivity contribution in [2.75, 3.05) is 18.2 Å². The van der Waals surface area contributed by atoms with Gasteiger partial charge in [-0.15, -0.1) is 5.10 Å². The molecule has 0 bridgehead atoms. The number of ether oxygens (including phenoxy) is 1. The molecule has 0 saturated heterocycles. The highest BCUT2D eigenvalue weighted by Gasteiger charge is 2.10. The Hall–Kier alpha value is -1.73. The first-order valence-electron chi connectivity index (χ1n) is 6.29. The topological polar surface area (TPSA) is 79.9 Å². The molecule has 6 nitrogen and oxygen atoms in total. The Kier molecular flexibility index (Phi) is 5.46. The van der Waals surface area contributed by atoms with Crippen LogP contribution in [0.15, 0.2) is 23.4 Å². The maximum atomic E-state index is 11.9. The van der Waals surface area contributed by atoms with Crippen LogP contribution in [0.25, 0.3) is 0 Å². The number of thioether (sulfide) groups is 1. The summed E-state index contributed by atoms with van der Waals surface area (Å²) in [5, 5.41) is 10.7. The van der Waals surface area contributed by atoms with E-state index in [4.69, 9.17) is 16.3 Å². The third-order valence-electron chi connectivity index (χ3n) is 2.61. The van der Waals surface area contributed by atoms with E-state index in [-0.39, 0.29) is 11.7 Å². The molecule has 0 unspecified atom stereocenters. The highest BCUT2D eigenvalue weighted by atomic mass is 35.5. The number of nitrogens with one attached hydrogen (secondary N) is 2. The largest absolute Gasteiger partial charge is 0.495 e. The quantitative estimate of drug-likeness (QED) is 0.798. The monoisotopic (exact) mass is 326 g/mol. The number of carbonyl (C=O) groups excluding carboxylic acids is 1. The molecule has 2 rings (SSSR count). The van der Waals surface area contributed by atoms with Crippen LogP contribution < -0.4 is 10.1 Å². The van der Waals surface area contributed by atoms with Crippen LogP contribution in [0.1, 0.15) is 12.7 Å². The predicted molar refractivity (Wildman–Crippen MR) is 83.1 cm³/mol. The third-order valence-corrected chi connectivity index (χ3v) is 3.70. The molecule has 0 aliphatic heterocycles. The number of carbonyl (C=O) groups is 1. The number of hydrogen-bond donors (Lipinski definition) is 2. The molecular weight excluding hydrogens is 312 g/mol. The number of aryl methyl sites for hydroxylation is 1. The summed E-state index contributed by atoms with van der Waals surface area (Å²) >= 11 is 7.18. The number of nitrogens with zero attached hydrogens (tertiary/aromatic N) is 2. The zero-order valence-corrected chi connectivity index (χ0v) is 13.2. The third kappa shape index (κ3) is 4.37. The van der Waals surface area contributed by atoms with Crippen molar-refractivity contribution in [3.63, 3.8) is 0 Å². The van der Waals surface area contributed by atoms with Gasteiger partial charge < -0.3 is 10.1 Å². The average Bonchev–Trinajstić information content (AvgIpc) is 2.93. The lowest BCUT2D eigenvalue weighted by Crippen LogP contribution is -2.14. The van der Waals surface area contributed by atoms with Crippen LogP contribution >= 0.6 is 23.4 Å². The molecule has 8 heteroatoms. The van der Waals surface area contributed by atoms with E-state index in [1.807, 2.05) is 6.92 Å². The smallest absolute Gasteiger partial charge is 0.234 e. The molecule has 112 valence electrons. The van der Waals surface area contributed by atoms with E-state index in [1.165, 1.54) is 18.9 Å². The van der Waals surface area contributed by atoms with E-state index < -0.39 is 0 Å². The standard InChI is InChI=1S/C13H15ClN4O2S/c1-3-11-16-13(18-17-11)21-7-12(19)15-9-6-8(14)4-5-10(9)20-2/h4-6H,3,7H2,1-2H3,(H,15,19)(H,16,17,18). The summed E-state index contributed by atoms with van der Waals surface area (Å²) in [5.41, 5.74) is 0.542. The molecule has 0 atom stereocenters. The lowest BCUT2D eigenvalue weighted by molar-refractivity contribution is -0.113. The summed E-state index contributed by atoms with van der Waals surface area (Å²) < 4.78 is 5.17. The van der Waals surface area contributed by atoms with Crippen molar-refractivity contribution in [1.29, 1.82) is 0 Å². The fourth-order valence-corrected chi connectivity index (χ4v) is 2.38. The second-order valence-corrected chi connectivity index (χ2v) is 5.48. The molecule has 1 aromatic heterocycles. The fraction of sp³-hybridized carbons (Fsp3) is 0.308. The van der Waals surface area contributed by atoms with E-state index in [2.05, 4.69) is 20.5 Å². The zero-order chi connectivity index (χ0) is 15.2. The number of H-pyrrole nitrogens is 1. The maximum absolute atomic E-state index is 11.9. The number of aromatic amines is 1. The molecular formula is C13H15ClN4O2S. The Balaban J connectivity index is 1.94. The molecule has 21 heavy (non-hydrogen) atoms. The van der Waals surface area contributed by atoms with Gasteiger partial charge in [-0.25, -0.2) is 4.98 Å². The van der Waals surface area contributed by atoms with Crippen molar-refractivity contribution in [2.24, 2.45) is 0 Å². The molecule has 0 aliphatic rings. The first-order valence-corrected chi connectivity index (χ1v) is 7.66. The van der Waals surface area contributed by atoms with E-state index >= 15 is 0 Å². The van der Waals surface area contributed by atoms with Crippen LogP contribution in [-0.2, 0) is 11.2 Å². The number of methoxy groups -OCH3 is 1. The highest BCUT2D eigenvalue weighted by Crippen LogP contribution is 2.27. The van der Waals surface area contributed by atoms with Crippen molar-refractivity contribution in [2.45, 2.75) is 18.5 Å². The SMILES string of the molecule is CCc1nc(SCC(=O)Nc2cc(Cl)ccc2OC)n[nH]1. The molecule has 2 N–H and O–H groups in total. The minimum absolute atomic E-state index is 0.177. The summed E-state index contributed by atoms with van der Waals surface area (Å²) in [5.74, 6) is 1.39. The number of benzene rings is 1. The normalized spacial score (nSPS) is 10.4. The van der Waals surface area contributed by atoms with Gasteiger partial charge in [-0.3, -0.25) is 9.89 Å². The van der Waals surface area contributed by atoms with E-state index in [0.717, 1.165) is 12.2 Å². The predicted octanol–water partition coefficient (Wildman–Crippen LogP) is 2.76. The van der Waals surface area contributed by atoms with Crippen molar-refractivity contribution in [1.82, 2.24) is 15.2 Å². The number of rotatable bonds is 6. The van der Waals surface area contributed by atoms with Crippen molar-refractivity contribution >= 4 is 35.0 Å². The fourth-order valence-electron chi connectivity index (χ4n) is 1.59. The molecule has 0 spiro atoms. The van der Waals surface area contributed by atoms with Crippen LogP contribution in [0.5, 0.6) is 5.75 Å². The molecule has 1 aromatic carbocycles. The molecule has 1 amide bonds. The summed E-state index contributed by atoms with van der Waals surface area (Å²) in [6.45, 7) is 1.98. The summed E-state index contributed by atoms with van der Waals surface area (Å²) in [6.07, 6.45) is 0.777. The number of hydrogen-bond acceptors (Lipinski definition) is 5. The Labute approximate surface area is 131 Å². The lowest BCUT2D eigenvalue weighted by Gasteiger charge is -2.09. The number of halogens is 1. The molecule has 1 heterocycles. The maximum Gasteiger partial charge on any atom is 0.234 e. The van der Waals surface area contributed by atoms with Gasteiger partial charge in [-0.05, 0) is 18.2 Å². The number of amides is 1. The molecule has 0 fully saturated rings.